The predicted octanol–water partition coefficient (Wildman–Crippen LogP) is 2.81. The molecule has 0 saturated carbocycles. The van der Waals surface area contributed by atoms with Crippen LogP contribution in [0, 0.1) is 0 Å². The molecule has 0 radical (unpaired) electrons. The number of hydrogen-bond acceptors (Lipinski definition) is 2. The van der Waals surface area contributed by atoms with Crippen LogP contribution in [0.1, 0.15) is 25.5 Å². The Morgan fingerprint density at radius 2 is 1.94 bits per heavy atom. The van der Waals surface area contributed by atoms with E-state index in [0.29, 0.717) is 23.7 Å². The van der Waals surface area contributed by atoms with Gasteiger partial charge in [-0.2, -0.15) is 0 Å². The van der Waals surface area contributed by atoms with Gasteiger partial charge in [-0.25, -0.2) is 0 Å². The summed E-state index contributed by atoms with van der Waals surface area (Å²) in [7, 11) is 0. The van der Waals surface area contributed by atoms with Crippen molar-refractivity contribution < 1.29 is 9.90 Å². The van der Waals surface area contributed by atoms with E-state index in [-0.39, 0.29) is 0 Å². The van der Waals surface area contributed by atoms with Crippen LogP contribution in [-0.2, 0) is 4.79 Å². The number of likely N-dealkylation sites (N-methyl/N-ethyl adjacent to an activating group) is 1. The Morgan fingerprint density at radius 1 is 1.38 bits per heavy atom. The zero-order chi connectivity index (χ0) is 12.1. The number of rotatable bonds is 5. The van der Waals surface area contributed by atoms with Gasteiger partial charge >= 0.3 is 5.97 Å². The Balaban J connectivity index is 3.12. The van der Waals surface area contributed by atoms with Crippen LogP contribution >= 0.6 is 11.6 Å². The van der Waals surface area contributed by atoms with Gasteiger partial charge in [0.25, 0.3) is 0 Å². The summed E-state index contributed by atoms with van der Waals surface area (Å²) < 4.78 is 0. The summed E-state index contributed by atoms with van der Waals surface area (Å²) in [5.74, 6) is -0.864. The van der Waals surface area contributed by atoms with Gasteiger partial charge in [0, 0.05) is 5.02 Å². The smallest absolute Gasteiger partial charge is 0.325 e. The van der Waals surface area contributed by atoms with E-state index < -0.39 is 12.0 Å². The zero-order valence-corrected chi connectivity index (χ0v) is 10.2. The highest BCUT2D eigenvalue weighted by Crippen LogP contribution is 2.27. The molecule has 0 saturated heterocycles. The highest BCUT2D eigenvalue weighted by atomic mass is 35.5. The Kier molecular flexibility index (Phi) is 4.77. The van der Waals surface area contributed by atoms with Crippen molar-refractivity contribution >= 4 is 17.6 Å². The first kappa shape index (κ1) is 13.0. The molecule has 0 aliphatic rings. The number of nitrogens with zero attached hydrogens (tertiary/aromatic N) is 1. The molecule has 0 aliphatic heterocycles. The molecule has 0 unspecified atom stereocenters. The van der Waals surface area contributed by atoms with Gasteiger partial charge in [0.05, 0.1) is 0 Å². The van der Waals surface area contributed by atoms with Gasteiger partial charge < -0.3 is 5.11 Å². The van der Waals surface area contributed by atoms with Crippen molar-refractivity contribution in [1.82, 2.24) is 4.90 Å². The van der Waals surface area contributed by atoms with Gasteiger partial charge in [-0.05, 0) is 24.7 Å². The lowest BCUT2D eigenvalue weighted by atomic mass is 10.1. The average molecular weight is 242 g/mol. The molecule has 4 heteroatoms. The number of carbonyl (C=O) groups is 1. The maximum absolute atomic E-state index is 11.3. The Bertz CT molecular complexity index is 364. The van der Waals surface area contributed by atoms with Crippen LogP contribution < -0.4 is 0 Å². The van der Waals surface area contributed by atoms with E-state index in [1.54, 1.807) is 24.3 Å². The fourth-order valence-electron chi connectivity index (χ4n) is 1.77. The SMILES string of the molecule is CCN(CC)[C@@H](C(=O)O)c1ccccc1Cl. The van der Waals surface area contributed by atoms with E-state index in [2.05, 4.69) is 0 Å². The van der Waals surface area contributed by atoms with Crippen LogP contribution in [0.3, 0.4) is 0 Å². The van der Waals surface area contributed by atoms with Crippen molar-refractivity contribution in [3.8, 4) is 0 Å². The Labute approximate surface area is 101 Å². The number of hydrogen-bond donors (Lipinski definition) is 1. The van der Waals surface area contributed by atoms with Gasteiger partial charge in [0.1, 0.15) is 6.04 Å². The standard InChI is InChI=1S/C12H16ClNO2/c1-3-14(4-2)11(12(15)16)9-7-5-6-8-10(9)13/h5-8,11H,3-4H2,1-2H3,(H,15,16)/t11-/m1/s1. The molecule has 0 aromatic heterocycles. The molecular weight excluding hydrogens is 226 g/mol. The lowest BCUT2D eigenvalue weighted by molar-refractivity contribution is -0.143. The van der Waals surface area contributed by atoms with E-state index in [1.807, 2.05) is 18.7 Å². The molecule has 0 amide bonds. The van der Waals surface area contributed by atoms with Gasteiger partial charge in [0.15, 0.2) is 0 Å². The minimum Gasteiger partial charge on any atom is -0.480 e. The molecule has 3 nitrogen and oxygen atoms in total. The molecule has 16 heavy (non-hydrogen) atoms. The fraction of sp³-hybridized carbons (Fsp3) is 0.417. The van der Waals surface area contributed by atoms with E-state index in [9.17, 15) is 9.90 Å². The second-order valence-electron chi connectivity index (χ2n) is 3.48. The summed E-state index contributed by atoms with van der Waals surface area (Å²) >= 11 is 6.03. The average Bonchev–Trinajstić information content (AvgIpc) is 2.27. The van der Waals surface area contributed by atoms with E-state index in [0.717, 1.165) is 0 Å². The number of aliphatic carboxylic acids is 1. The van der Waals surface area contributed by atoms with E-state index >= 15 is 0 Å². The van der Waals surface area contributed by atoms with E-state index in [4.69, 9.17) is 11.6 Å². The summed E-state index contributed by atoms with van der Waals surface area (Å²) in [4.78, 5) is 13.2. The van der Waals surface area contributed by atoms with Crippen molar-refractivity contribution in [2.75, 3.05) is 13.1 Å². The van der Waals surface area contributed by atoms with Crippen LogP contribution in [0.25, 0.3) is 0 Å². The number of carboxylic acids is 1. The molecule has 1 atom stereocenters. The molecule has 1 aromatic carbocycles. The van der Waals surface area contributed by atoms with E-state index in [1.165, 1.54) is 0 Å². The van der Waals surface area contributed by atoms with Gasteiger partial charge in [0.2, 0.25) is 0 Å². The maximum atomic E-state index is 11.3. The van der Waals surface area contributed by atoms with Crippen molar-refractivity contribution in [2.24, 2.45) is 0 Å². The Hall–Kier alpha value is -1.06. The molecule has 0 fully saturated rings. The van der Waals surface area contributed by atoms with Gasteiger partial charge in [-0.15, -0.1) is 0 Å². The topological polar surface area (TPSA) is 40.5 Å². The second kappa shape index (κ2) is 5.87. The molecule has 0 heterocycles. The van der Waals surface area contributed by atoms with Crippen LogP contribution in [-0.4, -0.2) is 29.1 Å². The molecule has 0 aliphatic carbocycles. The van der Waals surface area contributed by atoms with Gasteiger partial charge in [-0.1, -0.05) is 43.6 Å². The largest absolute Gasteiger partial charge is 0.480 e. The predicted molar refractivity (Wildman–Crippen MR) is 64.7 cm³/mol. The zero-order valence-electron chi connectivity index (χ0n) is 9.48. The minimum absolute atomic E-state index is 0.502. The molecule has 1 N–H and O–H groups in total. The normalized spacial score (nSPS) is 12.8. The third-order valence-corrected chi connectivity index (χ3v) is 2.96. The first-order valence-electron chi connectivity index (χ1n) is 5.33. The van der Waals surface area contributed by atoms with Crippen LogP contribution in [0.2, 0.25) is 5.02 Å². The van der Waals surface area contributed by atoms with Crippen LogP contribution in [0.15, 0.2) is 24.3 Å². The first-order chi connectivity index (χ1) is 7.61. The third-order valence-electron chi connectivity index (χ3n) is 2.61. The van der Waals surface area contributed by atoms with Crippen molar-refractivity contribution in [1.29, 1.82) is 0 Å². The van der Waals surface area contributed by atoms with Crippen molar-refractivity contribution in [2.45, 2.75) is 19.9 Å². The molecule has 1 aromatic rings. The lowest BCUT2D eigenvalue weighted by Crippen LogP contribution is -2.34. The summed E-state index contributed by atoms with van der Waals surface area (Å²) in [5.41, 5.74) is 0.653. The highest BCUT2D eigenvalue weighted by molar-refractivity contribution is 6.31. The quantitative estimate of drug-likeness (QED) is 0.862. The summed E-state index contributed by atoms with van der Waals surface area (Å²) in [5, 5.41) is 9.79. The summed E-state index contributed by atoms with van der Waals surface area (Å²) in [6, 6.07) is 6.42. The maximum Gasteiger partial charge on any atom is 0.325 e. The lowest BCUT2D eigenvalue weighted by Gasteiger charge is -2.27. The molecule has 0 bridgehead atoms. The molecule has 1 rings (SSSR count). The first-order valence-corrected chi connectivity index (χ1v) is 5.70. The van der Waals surface area contributed by atoms with Crippen LogP contribution in [0.5, 0.6) is 0 Å². The van der Waals surface area contributed by atoms with Crippen molar-refractivity contribution in [3.63, 3.8) is 0 Å². The second-order valence-corrected chi connectivity index (χ2v) is 3.89. The number of carboxylic acid groups (broad SMARTS) is 1. The number of benzene rings is 1. The third kappa shape index (κ3) is 2.74. The number of halogens is 1. The highest BCUT2D eigenvalue weighted by Gasteiger charge is 2.26. The summed E-state index contributed by atoms with van der Waals surface area (Å²) in [6.45, 7) is 5.24. The summed E-state index contributed by atoms with van der Waals surface area (Å²) in [6.07, 6.45) is 0. The molecule has 0 spiro atoms. The van der Waals surface area contributed by atoms with Crippen molar-refractivity contribution in [3.05, 3.63) is 34.9 Å². The monoisotopic (exact) mass is 241 g/mol. The molecular formula is C12H16ClNO2. The Morgan fingerprint density at radius 3 is 2.38 bits per heavy atom. The minimum atomic E-state index is -0.864. The molecule has 88 valence electrons. The fourth-order valence-corrected chi connectivity index (χ4v) is 2.01. The van der Waals surface area contributed by atoms with Crippen LogP contribution in [0.4, 0.5) is 0 Å². The van der Waals surface area contributed by atoms with Gasteiger partial charge in [-0.3, -0.25) is 9.69 Å².